The van der Waals surface area contributed by atoms with Crippen LogP contribution in [0.1, 0.15) is 27.8 Å². The highest BCUT2D eigenvalue weighted by Gasteiger charge is 2.26. The van der Waals surface area contributed by atoms with Gasteiger partial charge in [0.15, 0.2) is 0 Å². The number of hydrogen-bond donors (Lipinski definition) is 0. The van der Waals surface area contributed by atoms with Crippen LogP contribution < -0.4 is 0 Å². The molecule has 1 aliphatic heterocycles. The predicted octanol–water partition coefficient (Wildman–Crippen LogP) is 8.19. The lowest BCUT2D eigenvalue weighted by Gasteiger charge is -2.15. The maximum Gasteiger partial charge on any atom is 0.0784 e. The van der Waals surface area contributed by atoms with Crippen molar-refractivity contribution in [3.8, 4) is 22.3 Å². The average molecular weight is 439 g/mol. The van der Waals surface area contributed by atoms with Crippen molar-refractivity contribution in [3.05, 3.63) is 97.4 Å². The molecule has 0 spiro atoms. The van der Waals surface area contributed by atoms with Gasteiger partial charge in [0.1, 0.15) is 0 Å². The summed E-state index contributed by atoms with van der Waals surface area (Å²) in [6.45, 7) is 2.22. The largest absolute Gasteiger partial charge is 0.140 e. The fourth-order valence-electron chi connectivity index (χ4n) is 4.07. The summed E-state index contributed by atoms with van der Waals surface area (Å²) in [6.07, 6.45) is 5.96. The van der Waals surface area contributed by atoms with E-state index in [4.69, 9.17) is 0 Å². The van der Waals surface area contributed by atoms with Crippen LogP contribution in [0.15, 0.2) is 76.5 Å². The van der Waals surface area contributed by atoms with Crippen LogP contribution in [0.5, 0.6) is 0 Å². The van der Waals surface area contributed by atoms with Crippen LogP contribution >= 0.6 is 34.4 Å². The quantitative estimate of drug-likeness (QED) is 0.270. The molecule has 0 saturated carbocycles. The van der Waals surface area contributed by atoms with E-state index in [1.807, 2.05) is 23.1 Å². The van der Waals surface area contributed by atoms with Crippen molar-refractivity contribution >= 4 is 50.6 Å². The van der Waals surface area contributed by atoms with E-state index in [0.29, 0.717) is 5.92 Å². The Kier molecular flexibility index (Phi) is 4.46. The van der Waals surface area contributed by atoms with E-state index in [9.17, 15) is 0 Å². The Morgan fingerprint density at radius 2 is 1.80 bits per heavy atom. The van der Waals surface area contributed by atoms with Crippen LogP contribution in [0, 0.1) is 17.8 Å². The first kappa shape index (κ1) is 18.3. The molecule has 2 aromatic carbocycles. The highest BCUT2D eigenvalue weighted by Crippen LogP contribution is 2.48. The number of hydrogen-bond acceptors (Lipinski definition) is 3. The number of thioether (sulfide) groups is 1. The van der Waals surface area contributed by atoms with Gasteiger partial charge in [0.05, 0.1) is 4.88 Å². The molecule has 6 rings (SSSR count). The third kappa shape index (κ3) is 3.36. The molecule has 4 aromatic rings. The Bertz CT molecular complexity index is 1360. The summed E-state index contributed by atoms with van der Waals surface area (Å²) in [7, 11) is 0. The lowest BCUT2D eigenvalue weighted by atomic mass is 9.95. The maximum absolute atomic E-state index is 3.33. The fraction of sp³-hybridized carbons (Fsp3) is 0.111. The number of fused-ring (bicyclic) bond motifs is 3. The van der Waals surface area contributed by atoms with Gasteiger partial charge in [-0.15, -0.1) is 22.7 Å². The molecule has 1 aliphatic carbocycles. The molecule has 0 amide bonds. The zero-order chi connectivity index (χ0) is 20.1. The van der Waals surface area contributed by atoms with Gasteiger partial charge in [0.2, 0.25) is 0 Å². The standard InChI is InChI=1S/C27H18S3/c1-17-12-21-14-27-22(16-26(21)28-17)15-25(30-27)19-9-6-18(7-10-19)8-11-23-13-20-4-2-3-5-24(20)29-23/h2-7,9-10,12-13,15-16,21H,14H2,1H3. The average Bonchev–Trinajstić information content (AvgIpc) is 3.45. The van der Waals surface area contributed by atoms with Gasteiger partial charge in [0.25, 0.3) is 0 Å². The van der Waals surface area contributed by atoms with Gasteiger partial charge in [-0.2, -0.15) is 0 Å². The summed E-state index contributed by atoms with van der Waals surface area (Å²) in [5.41, 5.74) is 3.75. The highest BCUT2D eigenvalue weighted by molar-refractivity contribution is 8.07. The van der Waals surface area contributed by atoms with Crippen molar-refractivity contribution in [2.75, 3.05) is 0 Å². The monoisotopic (exact) mass is 438 g/mol. The zero-order valence-electron chi connectivity index (χ0n) is 16.4. The van der Waals surface area contributed by atoms with Crippen molar-refractivity contribution in [3.63, 3.8) is 0 Å². The van der Waals surface area contributed by atoms with Crippen LogP contribution in [-0.4, -0.2) is 0 Å². The molecule has 30 heavy (non-hydrogen) atoms. The Morgan fingerprint density at radius 1 is 0.933 bits per heavy atom. The minimum absolute atomic E-state index is 0.598. The molecule has 0 radical (unpaired) electrons. The third-order valence-electron chi connectivity index (χ3n) is 5.55. The summed E-state index contributed by atoms with van der Waals surface area (Å²) in [5.74, 6) is 7.25. The van der Waals surface area contributed by atoms with E-state index in [1.165, 1.54) is 40.8 Å². The molecule has 2 aliphatic rings. The zero-order valence-corrected chi connectivity index (χ0v) is 18.9. The summed E-state index contributed by atoms with van der Waals surface area (Å²) in [6, 6.07) is 21.7. The molecule has 0 bridgehead atoms. The number of allylic oxidation sites excluding steroid dienone is 3. The Labute approximate surface area is 189 Å². The Morgan fingerprint density at radius 3 is 2.67 bits per heavy atom. The summed E-state index contributed by atoms with van der Waals surface area (Å²) in [5, 5.41) is 1.27. The second kappa shape index (κ2) is 7.32. The van der Waals surface area contributed by atoms with Crippen LogP contribution in [0.3, 0.4) is 0 Å². The van der Waals surface area contributed by atoms with Crippen LogP contribution in [0.25, 0.3) is 26.6 Å². The molecule has 144 valence electrons. The molecule has 3 heterocycles. The van der Waals surface area contributed by atoms with Gasteiger partial charge in [-0.25, -0.2) is 0 Å². The summed E-state index contributed by atoms with van der Waals surface area (Å²) < 4.78 is 1.29. The van der Waals surface area contributed by atoms with Gasteiger partial charge in [-0.05, 0) is 76.1 Å². The molecular formula is C27H18S3. The molecule has 0 nitrogen and oxygen atoms in total. The maximum atomic E-state index is 3.33. The van der Waals surface area contributed by atoms with Crippen LogP contribution in [0.2, 0.25) is 0 Å². The molecule has 1 unspecified atom stereocenters. The first-order valence-electron chi connectivity index (χ1n) is 10.0. The van der Waals surface area contributed by atoms with Gasteiger partial charge in [-0.1, -0.05) is 60.0 Å². The van der Waals surface area contributed by atoms with Gasteiger partial charge in [0, 0.05) is 25.9 Å². The van der Waals surface area contributed by atoms with Crippen LogP contribution in [-0.2, 0) is 6.42 Å². The first-order chi connectivity index (χ1) is 14.7. The van der Waals surface area contributed by atoms with E-state index >= 15 is 0 Å². The van der Waals surface area contributed by atoms with E-state index in [0.717, 1.165) is 16.9 Å². The molecular weight excluding hydrogens is 420 g/mol. The fourth-order valence-corrected chi connectivity index (χ4v) is 7.28. The summed E-state index contributed by atoms with van der Waals surface area (Å²) in [4.78, 5) is 6.93. The number of thiophene rings is 2. The molecule has 0 saturated heterocycles. The SMILES string of the molecule is CC1=CC2Cc3sc(-c4ccc(C#Cc5cc6ccccc6s5)cc4)cc3C=C2S1. The van der Waals surface area contributed by atoms with E-state index in [1.54, 1.807) is 11.3 Å². The summed E-state index contributed by atoms with van der Waals surface area (Å²) >= 11 is 5.63. The molecule has 0 N–H and O–H groups in total. The van der Waals surface area contributed by atoms with Crippen LogP contribution in [0.4, 0.5) is 0 Å². The number of benzene rings is 2. The lowest BCUT2D eigenvalue weighted by Crippen LogP contribution is -2.03. The molecule has 2 aromatic heterocycles. The minimum atomic E-state index is 0.598. The van der Waals surface area contributed by atoms with Crippen molar-refractivity contribution in [2.24, 2.45) is 5.92 Å². The minimum Gasteiger partial charge on any atom is -0.140 e. The van der Waals surface area contributed by atoms with E-state index in [-0.39, 0.29) is 0 Å². The normalized spacial score (nSPS) is 17.0. The van der Waals surface area contributed by atoms with Crippen molar-refractivity contribution in [2.45, 2.75) is 13.3 Å². The molecule has 1 atom stereocenters. The van der Waals surface area contributed by atoms with Gasteiger partial charge in [-0.3, -0.25) is 0 Å². The predicted molar refractivity (Wildman–Crippen MR) is 134 cm³/mol. The van der Waals surface area contributed by atoms with Gasteiger partial charge >= 0.3 is 0 Å². The number of rotatable bonds is 1. The lowest BCUT2D eigenvalue weighted by molar-refractivity contribution is 0.803. The third-order valence-corrected chi connectivity index (χ3v) is 8.92. The second-order valence-electron chi connectivity index (χ2n) is 7.70. The first-order valence-corrected chi connectivity index (χ1v) is 12.5. The highest BCUT2D eigenvalue weighted by atomic mass is 32.2. The van der Waals surface area contributed by atoms with Crippen molar-refractivity contribution in [1.82, 2.24) is 0 Å². The topological polar surface area (TPSA) is 0 Å². The van der Waals surface area contributed by atoms with Crippen molar-refractivity contribution in [1.29, 1.82) is 0 Å². The molecule has 0 fully saturated rings. The van der Waals surface area contributed by atoms with Gasteiger partial charge < -0.3 is 0 Å². The smallest absolute Gasteiger partial charge is 0.0784 e. The Hall–Kier alpha value is -2.51. The Balaban J connectivity index is 1.24. The second-order valence-corrected chi connectivity index (χ2v) is 11.2. The van der Waals surface area contributed by atoms with E-state index in [2.05, 4.69) is 91.6 Å². The van der Waals surface area contributed by atoms with E-state index < -0.39 is 0 Å². The molecule has 3 heteroatoms. The van der Waals surface area contributed by atoms with Crippen molar-refractivity contribution < 1.29 is 0 Å².